The molecule has 0 radical (unpaired) electrons. The Morgan fingerprint density at radius 1 is 0.552 bits per heavy atom. The van der Waals surface area contributed by atoms with Gasteiger partial charge in [-0.15, -0.1) is 0 Å². The van der Waals surface area contributed by atoms with Gasteiger partial charge in [0, 0.05) is 45.0 Å². The molecule has 0 amide bonds. The van der Waals surface area contributed by atoms with Gasteiger partial charge in [0.05, 0.1) is 11.1 Å². The lowest BCUT2D eigenvalue weighted by Crippen LogP contribution is -2.31. The zero-order valence-electron chi connectivity index (χ0n) is 38.9. The average Bonchev–Trinajstić information content (AvgIpc) is 3.94. The van der Waals surface area contributed by atoms with Gasteiger partial charge in [0.2, 0.25) is 0 Å². The van der Waals surface area contributed by atoms with Crippen molar-refractivity contribution < 1.29 is 0 Å². The minimum atomic E-state index is -0.391. The Bertz CT molecular complexity index is 3290. The maximum absolute atomic E-state index is 2.68. The quantitative estimate of drug-likeness (QED) is 0.158. The number of anilines is 4. The number of benzene rings is 6. The lowest BCUT2D eigenvalue weighted by atomic mass is 9.65. The molecule has 6 aromatic rings. The van der Waals surface area contributed by atoms with Crippen molar-refractivity contribution in [3.8, 4) is 11.1 Å². The number of para-hydroxylation sites is 2. The largest absolute Gasteiger partial charge is 0.314 e. The summed E-state index contributed by atoms with van der Waals surface area (Å²) in [6, 6.07) is 56.9. The molecule has 0 aliphatic heterocycles. The maximum Gasteiger partial charge on any atom is 0.0683 e. The number of hydrogen-bond donors (Lipinski definition) is 0. The Morgan fingerprint density at radius 3 is 2.06 bits per heavy atom. The van der Waals surface area contributed by atoms with Crippen LogP contribution in [0.5, 0.6) is 0 Å². The lowest BCUT2D eigenvalue weighted by Gasteiger charge is -2.39. The average molecular weight is 865 g/mol. The molecule has 326 valence electrons. The van der Waals surface area contributed by atoms with Crippen LogP contribution in [0.4, 0.5) is 22.7 Å². The van der Waals surface area contributed by atoms with Crippen molar-refractivity contribution in [2.24, 2.45) is 5.92 Å². The molecule has 0 saturated carbocycles. The molecule has 0 fully saturated rings. The van der Waals surface area contributed by atoms with Gasteiger partial charge in [-0.2, -0.15) is 0 Å². The van der Waals surface area contributed by atoms with Crippen LogP contribution in [0.15, 0.2) is 233 Å². The summed E-state index contributed by atoms with van der Waals surface area (Å²) < 4.78 is 0. The van der Waals surface area contributed by atoms with Crippen molar-refractivity contribution in [2.45, 2.75) is 76.5 Å². The van der Waals surface area contributed by atoms with Crippen molar-refractivity contribution in [3.05, 3.63) is 261 Å². The number of allylic oxidation sites excluding steroid dienone is 15. The summed E-state index contributed by atoms with van der Waals surface area (Å²) >= 11 is 0. The van der Waals surface area contributed by atoms with Crippen molar-refractivity contribution >= 4 is 33.9 Å². The fourth-order valence-electron chi connectivity index (χ4n) is 13.3. The molecule has 0 aromatic heterocycles. The van der Waals surface area contributed by atoms with Gasteiger partial charge >= 0.3 is 0 Å². The lowest BCUT2D eigenvalue weighted by molar-refractivity contribution is 0.656. The first kappa shape index (κ1) is 40.1. The van der Waals surface area contributed by atoms with Crippen LogP contribution >= 0.6 is 0 Å². The van der Waals surface area contributed by atoms with E-state index in [4.69, 9.17) is 0 Å². The fourth-order valence-corrected chi connectivity index (χ4v) is 13.3. The number of fused-ring (bicyclic) bond motifs is 10. The van der Waals surface area contributed by atoms with E-state index >= 15 is 0 Å². The van der Waals surface area contributed by atoms with Crippen LogP contribution in [0.2, 0.25) is 0 Å². The highest BCUT2D eigenvalue weighted by molar-refractivity contribution is 6.01. The highest BCUT2D eigenvalue weighted by Gasteiger charge is 2.56. The third-order valence-electron chi connectivity index (χ3n) is 16.1. The van der Waals surface area contributed by atoms with E-state index in [2.05, 4.69) is 225 Å². The molecule has 7 aliphatic rings. The highest BCUT2D eigenvalue weighted by atomic mass is 15.2. The second-order valence-corrected chi connectivity index (χ2v) is 20.1. The van der Waals surface area contributed by atoms with E-state index in [-0.39, 0.29) is 5.41 Å². The van der Waals surface area contributed by atoms with Gasteiger partial charge in [-0.1, -0.05) is 166 Å². The van der Waals surface area contributed by atoms with Crippen molar-refractivity contribution in [1.29, 1.82) is 0 Å². The summed E-state index contributed by atoms with van der Waals surface area (Å²) in [7, 11) is 0. The van der Waals surface area contributed by atoms with Crippen molar-refractivity contribution in [1.82, 2.24) is 0 Å². The van der Waals surface area contributed by atoms with Gasteiger partial charge in [0.1, 0.15) is 0 Å². The van der Waals surface area contributed by atoms with E-state index in [1.165, 1.54) is 95.4 Å². The Balaban J connectivity index is 1.03. The molecule has 2 heteroatoms. The molecule has 13 rings (SSSR count). The summed E-state index contributed by atoms with van der Waals surface area (Å²) in [6.45, 7) is 7.28. The van der Waals surface area contributed by atoms with E-state index in [0.717, 1.165) is 44.9 Å². The standard InChI is InChI=1S/C65H56N2/c1-43-21-19-33-56-62(43)53-40-38-48(66(45-24-9-5-10-25-45)47-37-39-51-50-29-13-16-31-54(50)64(2,3)58(51)41-47)42-59(53)65(56)55-32-17-14-30-52(55)63-57(65)34-20-36-61(63)67(46-26-11-6-12-27-46)60-35-18-15-28-49(60)44-22-7-4-8-23-44/h4-14,16,19-20,22-31,33-37,39,41-43H,15,17-18,21,32,38,40H2,1-3H3/t43-,65?/m1/s1. The van der Waals surface area contributed by atoms with Gasteiger partial charge in [-0.3, -0.25) is 0 Å². The first-order valence-corrected chi connectivity index (χ1v) is 24.7. The van der Waals surface area contributed by atoms with E-state index in [0.29, 0.717) is 5.92 Å². The molecule has 1 unspecified atom stereocenters. The van der Waals surface area contributed by atoms with Gasteiger partial charge in [0.25, 0.3) is 0 Å². The SMILES string of the molecule is C[C@@H]1CC=CC2=C1C1=C(C=C(N(c3ccccc3)c3ccc4c(c3)C(C)(C)c3ccccc3-4)CC1)C21C2=C(C=CCC2)c2c(N(C3=CCCC=C3c3ccccc3)c3ccccc3)cccc21. The van der Waals surface area contributed by atoms with E-state index < -0.39 is 5.41 Å². The molecule has 1 spiro atoms. The molecule has 0 heterocycles. The summed E-state index contributed by atoms with van der Waals surface area (Å²) in [6.07, 6.45) is 24.8. The summed E-state index contributed by atoms with van der Waals surface area (Å²) in [4.78, 5) is 5.19. The van der Waals surface area contributed by atoms with Crippen LogP contribution in [0, 0.1) is 5.92 Å². The van der Waals surface area contributed by atoms with Crippen LogP contribution < -0.4 is 9.80 Å². The van der Waals surface area contributed by atoms with E-state index in [1.54, 1.807) is 16.7 Å². The second-order valence-electron chi connectivity index (χ2n) is 20.1. The van der Waals surface area contributed by atoms with Crippen molar-refractivity contribution in [3.63, 3.8) is 0 Å². The Kier molecular flexibility index (Phi) is 9.26. The van der Waals surface area contributed by atoms with Gasteiger partial charge in [-0.25, -0.2) is 0 Å². The van der Waals surface area contributed by atoms with Gasteiger partial charge < -0.3 is 9.80 Å². The van der Waals surface area contributed by atoms with Gasteiger partial charge in [-0.05, 0) is 166 Å². The third-order valence-corrected chi connectivity index (χ3v) is 16.1. The summed E-state index contributed by atoms with van der Waals surface area (Å²) in [5.41, 5.74) is 27.1. The normalized spacial score (nSPS) is 21.5. The molecule has 0 bridgehead atoms. The second kappa shape index (κ2) is 15.5. The Morgan fingerprint density at radius 2 is 1.25 bits per heavy atom. The van der Waals surface area contributed by atoms with E-state index in [1.807, 2.05) is 0 Å². The minimum Gasteiger partial charge on any atom is -0.314 e. The summed E-state index contributed by atoms with van der Waals surface area (Å²) in [5, 5.41) is 0. The Labute approximate surface area is 396 Å². The molecule has 7 aliphatic carbocycles. The first-order valence-electron chi connectivity index (χ1n) is 24.7. The van der Waals surface area contributed by atoms with Crippen molar-refractivity contribution in [2.75, 3.05) is 9.80 Å². The topological polar surface area (TPSA) is 6.48 Å². The van der Waals surface area contributed by atoms with Crippen LogP contribution in [-0.4, -0.2) is 0 Å². The molecular weight excluding hydrogens is 809 g/mol. The number of nitrogens with zero attached hydrogens (tertiary/aromatic N) is 2. The predicted molar refractivity (Wildman–Crippen MR) is 281 cm³/mol. The molecule has 6 aromatic carbocycles. The zero-order valence-corrected chi connectivity index (χ0v) is 38.9. The molecule has 2 atom stereocenters. The van der Waals surface area contributed by atoms with Crippen LogP contribution in [-0.2, 0) is 10.8 Å². The monoisotopic (exact) mass is 864 g/mol. The fraction of sp³-hybridized carbons (Fsp3) is 0.200. The maximum atomic E-state index is 2.68. The van der Waals surface area contributed by atoms with E-state index in [9.17, 15) is 0 Å². The van der Waals surface area contributed by atoms with Crippen LogP contribution in [0.25, 0.3) is 22.3 Å². The van der Waals surface area contributed by atoms with Gasteiger partial charge in [0.15, 0.2) is 0 Å². The molecule has 67 heavy (non-hydrogen) atoms. The number of rotatable bonds is 7. The molecule has 2 nitrogen and oxygen atoms in total. The Hall–Kier alpha value is -7.16. The first-order chi connectivity index (χ1) is 32.9. The molecular formula is C65H56N2. The smallest absolute Gasteiger partial charge is 0.0683 e. The van der Waals surface area contributed by atoms with Crippen LogP contribution in [0.3, 0.4) is 0 Å². The summed E-state index contributed by atoms with van der Waals surface area (Å²) in [5.74, 6) is 0.451. The minimum absolute atomic E-state index is 0.0938. The highest BCUT2D eigenvalue weighted by Crippen LogP contribution is 2.67. The van der Waals surface area contributed by atoms with Crippen LogP contribution in [0.1, 0.15) is 93.5 Å². The number of hydrogen-bond acceptors (Lipinski definition) is 2. The third kappa shape index (κ3) is 5.88. The molecule has 0 N–H and O–H groups in total. The molecule has 0 saturated heterocycles. The zero-order chi connectivity index (χ0) is 44.9. The predicted octanol–water partition coefficient (Wildman–Crippen LogP) is 17.0.